The van der Waals surface area contributed by atoms with Gasteiger partial charge < -0.3 is 15.2 Å². The van der Waals surface area contributed by atoms with Gasteiger partial charge in [0.25, 0.3) is 0 Å². The number of nitrogens with one attached hydrogen (secondary N) is 2. The highest BCUT2D eigenvalue weighted by atomic mass is 16.2. The van der Waals surface area contributed by atoms with Crippen LogP contribution < -0.4 is 10.6 Å². The van der Waals surface area contributed by atoms with Crippen LogP contribution in [0.5, 0.6) is 0 Å². The van der Waals surface area contributed by atoms with Gasteiger partial charge in [0.1, 0.15) is 0 Å². The number of amides is 1. The topological polar surface area (TPSA) is 46.1 Å². The minimum absolute atomic E-state index is 0.0341. The summed E-state index contributed by atoms with van der Waals surface area (Å²) in [5.41, 5.74) is 2.07. The van der Waals surface area contributed by atoms with Crippen molar-refractivity contribution in [3.8, 4) is 0 Å². The number of rotatable bonds is 4. The average molecular weight is 271 g/mol. The second kappa shape index (κ2) is 5.67. The predicted octanol–water partition coefficient (Wildman–Crippen LogP) is 2.74. The molecule has 0 unspecified atom stereocenters. The van der Waals surface area contributed by atoms with Crippen LogP contribution in [0, 0.1) is 0 Å². The van der Waals surface area contributed by atoms with Gasteiger partial charge in [-0.3, -0.25) is 4.79 Å². The summed E-state index contributed by atoms with van der Waals surface area (Å²) in [6, 6.07) is 8.20. The van der Waals surface area contributed by atoms with Gasteiger partial charge in [0.15, 0.2) is 0 Å². The first kappa shape index (κ1) is 13.2. The van der Waals surface area contributed by atoms with E-state index in [1.807, 2.05) is 6.07 Å². The zero-order valence-electron chi connectivity index (χ0n) is 11.9. The Morgan fingerprint density at radius 1 is 1.45 bits per heavy atom. The van der Waals surface area contributed by atoms with Gasteiger partial charge in [-0.1, -0.05) is 13.0 Å². The molecule has 1 atom stereocenters. The lowest BCUT2D eigenvalue weighted by Crippen LogP contribution is -2.35. The maximum atomic E-state index is 12.1. The number of nitrogens with zero attached hydrogens (tertiary/aromatic N) is 1. The Labute approximate surface area is 119 Å². The second-order valence-electron chi connectivity index (χ2n) is 5.42. The number of benzene rings is 1. The number of anilines is 1. The minimum Gasteiger partial charge on any atom is -0.347 e. The fourth-order valence-corrected chi connectivity index (χ4v) is 2.84. The van der Waals surface area contributed by atoms with Crippen molar-refractivity contribution in [2.45, 2.75) is 38.8 Å². The molecule has 20 heavy (non-hydrogen) atoms. The summed E-state index contributed by atoms with van der Waals surface area (Å²) in [6.45, 7) is 4.12. The molecular formula is C16H21N3O. The highest BCUT2D eigenvalue weighted by molar-refractivity contribution is 5.97. The Balaban J connectivity index is 1.80. The molecule has 1 aromatic heterocycles. The first-order valence-corrected chi connectivity index (χ1v) is 7.41. The van der Waals surface area contributed by atoms with Crippen molar-refractivity contribution in [1.29, 1.82) is 0 Å². The third-order valence-corrected chi connectivity index (χ3v) is 3.88. The van der Waals surface area contributed by atoms with Crippen molar-refractivity contribution in [3.05, 3.63) is 30.5 Å². The van der Waals surface area contributed by atoms with Gasteiger partial charge >= 0.3 is 0 Å². The van der Waals surface area contributed by atoms with E-state index in [1.54, 1.807) is 0 Å². The van der Waals surface area contributed by atoms with E-state index >= 15 is 0 Å². The summed E-state index contributed by atoms with van der Waals surface area (Å²) in [7, 11) is 0. The Morgan fingerprint density at radius 3 is 3.10 bits per heavy atom. The highest BCUT2D eigenvalue weighted by Gasteiger charge is 2.21. The number of hydrogen-bond acceptors (Lipinski definition) is 2. The van der Waals surface area contributed by atoms with Gasteiger partial charge in [0.2, 0.25) is 5.91 Å². The van der Waals surface area contributed by atoms with Crippen LogP contribution in [0.15, 0.2) is 30.5 Å². The van der Waals surface area contributed by atoms with E-state index in [1.165, 1.54) is 10.9 Å². The fraction of sp³-hybridized carbons (Fsp3) is 0.438. The van der Waals surface area contributed by atoms with Gasteiger partial charge in [-0.25, -0.2) is 0 Å². The minimum atomic E-state index is -0.0341. The Bertz CT molecular complexity index is 611. The van der Waals surface area contributed by atoms with Crippen molar-refractivity contribution in [2.24, 2.45) is 0 Å². The molecule has 1 fully saturated rings. The number of carbonyl (C=O) groups excluding carboxylic acids is 1. The molecule has 1 aliphatic rings. The summed E-state index contributed by atoms with van der Waals surface area (Å²) in [5.74, 6) is 0.0791. The quantitative estimate of drug-likeness (QED) is 0.898. The molecule has 2 N–H and O–H groups in total. The van der Waals surface area contributed by atoms with Gasteiger partial charge in [-0.2, -0.15) is 0 Å². The number of aromatic nitrogens is 1. The fourth-order valence-electron chi connectivity index (χ4n) is 2.84. The van der Waals surface area contributed by atoms with Crippen molar-refractivity contribution in [1.82, 2.24) is 9.88 Å². The first-order chi connectivity index (χ1) is 9.78. The summed E-state index contributed by atoms with van der Waals surface area (Å²) in [4.78, 5) is 12.1. The van der Waals surface area contributed by atoms with Gasteiger partial charge in [-0.15, -0.1) is 0 Å². The normalized spacial score (nSPS) is 18.6. The lowest BCUT2D eigenvalue weighted by molar-refractivity contribution is -0.117. The molecule has 0 bridgehead atoms. The summed E-state index contributed by atoms with van der Waals surface area (Å²) in [6.07, 6.45) is 5.22. The summed E-state index contributed by atoms with van der Waals surface area (Å²) >= 11 is 0. The molecule has 0 radical (unpaired) electrons. The van der Waals surface area contributed by atoms with Crippen LogP contribution >= 0.6 is 0 Å². The van der Waals surface area contributed by atoms with Crippen molar-refractivity contribution < 1.29 is 4.79 Å². The largest absolute Gasteiger partial charge is 0.347 e. The maximum Gasteiger partial charge on any atom is 0.241 e. The van der Waals surface area contributed by atoms with Crippen molar-refractivity contribution in [3.63, 3.8) is 0 Å². The predicted molar refractivity (Wildman–Crippen MR) is 81.9 cm³/mol. The zero-order chi connectivity index (χ0) is 13.9. The molecule has 4 nitrogen and oxygen atoms in total. The van der Waals surface area contributed by atoms with Crippen LogP contribution in [-0.4, -0.2) is 23.1 Å². The Kier molecular flexibility index (Phi) is 3.74. The first-order valence-electron chi connectivity index (χ1n) is 7.41. The molecule has 1 aliphatic heterocycles. The van der Waals surface area contributed by atoms with E-state index in [4.69, 9.17) is 0 Å². The summed E-state index contributed by atoms with van der Waals surface area (Å²) < 4.78 is 2.23. The smallest absolute Gasteiger partial charge is 0.241 e. The monoisotopic (exact) mass is 271 g/mol. The molecule has 0 aliphatic carbocycles. The zero-order valence-corrected chi connectivity index (χ0v) is 11.9. The summed E-state index contributed by atoms with van der Waals surface area (Å²) in [5, 5.41) is 7.46. The van der Waals surface area contributed by atoms with E-state index in [2.05, 4.69) is 46.5 Å². The van der Waals surface area contributed by atoms with E-state index in [9.17, 15) is 4.79 Å². The molecule has 1 saturated heterocycles. The highest BCUT2D eigenvalue weighted by Crippen LogP contribution is 2.21. The van der Waals surface area contributed by atoms with Crippen LogP contribution in [0.25, 0.3) is 10.9 Å². The van der Waals surface area contributed by atoms with E-state index in [0.717, 1.165) is 38.0 Å². The van der Waals surface area contributed by atoms with Gasteiger partial charge in [-0.05, 0) is 49.4 Å². The van der Waals surface area contributed by atoms with Crippen LogP contribution in [0.4, 0.5) is 5.69 Å². The van der Waals surface area contributed by atoms with Crippen LogP contribution in [0.3, 0.4) is 0 Å². The molecule has 2 heterocycles. The number of fused-ring (bicyclic) bond motifs is 1. The third kappa shape index (κ3) is 2.56. The number of aryl methyl sites for hydroxylation is 1. The molecule has 2 aromatic rings. The standard InChI is InChI=1S/C16H21N3O/c1-2-9-19-10-7-12-5-6-13(11-15(12)19)18-16(20)14-4-3-8-17-14/h5-7,10-11,14,17H,2-4,8-9H2,1H3,(H,18,20)/t14-/m1/s1. The molecule has 1 amide bonds. The van der Waals surface area contributed by atoms with E-state index in [-0.39, 0.29) is 11.9 Å². The number of carbonyl (C=O) groups is 1. The maximum absolute atomic E-state index is 12.1. The molecule has 1 aromatic carbocycles. The number of hydrogen-bond donors (Lipinski definition) is 2. The van der Waals surface area contributed by atoms with E-state index < -0.39 is 0 Å². The van der Waals surface area contributed by atoms with E-state index in [0.29, 0.717) is 0 Å². The Morgan fingerprint density at radius 2 is 2.35 bits per heavy atom. The van der Waals surface area contributed by atoms with Crippen molar-refractivity contribution >= 4 is 22.5 Å². The third-order valence-electron chi connectivity index (χ3n) is 3.88. The average Bonchev–Trinajstić information content (AvgIpc) is 3.09. The molecule has 0 spiro atoms. The van der Waals surface area contributed by atoms with Gasteiger partial charge in [0, 0.05) is 18.4 Å². The molecule has 106 valence electrons. The van der Waals surface area contributed by atoms with Crippen LogP contribution in [-0.2, 0) is 11.3 Å². The molecular weight excluding hydrogens is 250 g/mol. The van der Waals surface area contributed by atoms with Gasteiger partial charge in [0.05, 0.1) is 11.6 Å². The van der Waals surface area contributed by atoms with Crippen LogP contribution in [0.1, 0.15) is 26.2 Å². The van der Waals surface area contributed by atoms with Crippen molar-refractivity contribution in [2.75, 3.05) is 11.9 Å². The SMILES string of the molecule is CCCn1ccc2ccc(NC(=O)[C@H]3CCCN3)cc21. The second-order valence-corrected chi connectivity index (χ2v) is 5.42. The Hall–Kier alpha value is -1.81. The lowest BCUT2D eigenvalue weighted by Gasteiger charge is -2.12. The lowest BCUT2D eigenvalue weighted by atomic mass is 10.2. The molecule has 0 saturated carbocycles. The molecule has 3 rings (SSSR count). The van der Waals surface area contributed by atoms with Crippen LogP contribution in [0.2, 0.25) is 0 Å². The molecule has 4 heteroatoms.